The van der Waals surface area contributed by atoms with Gasteiger partial charge in [-0.2, -0.15) is 29.8 Å². The fourth-order valence-electron chi connectivity index (χ4n) is 13.9. The van der Waals surface area contributed by atoms with Gasteiger partial charge in [0.2, 0.25) is 6.71 Å². The third kappa shape index (κ3) is 7.95. The van der Waals surface area contributed by atoms with Crippen LogP contribution in [-0.2, 0) is 26.5 Å². The van der Waals surface area contributed by atoms with Crippen molar-refractivity contribution < 1.29 is 35.1 Å². The van der Waals surface area contributed by atoms with Crippen molar-refractivity contribution in [3.63, 3.8) is 0 Å². The molecule has 1 atom stereocenters. The van der Waals surface area contributed by atoms with E-state index in [1.54, 1.807) is 0 Å². The van der Waals surface area contributed by atoms with Crippen LogP contribution < -0.4 is 35.3 Å². The molecule has 86 heavy (non-hydrogen) atoms. The third-order valence-electron chi connectivity index (χ3n) is 17.6. The Labute approximate surface area is 514 Å². The molecule has 8 heteroatoms. The summed E-state index contributed by atoms with van der Waals surface area (Å²) in [5.41, 5.74) is 22.0. The molecule has 6 nitrogen and oxygen atoms in total. The average molecular weight is 1280 g/mol. The van der Waals surface area contributed by atoms with Gasteiger partial charge in [-0.15, -0.1) is 40.7 Å². The number of imidazole rings is 1. The molecule has 5 heterocycles. The maximum atomic E-state index is 7.70. The standard InChI is InChI=1S/C78H52BN4O2.Pt/c1-78(2,3)53-30-20-33-55(46-53)83-62-38-17-16-34-59(62)60-45-44-56(47-67(60)83)84-70-48-68(80-49-81(64-40-19-18-39-63(64)80)76-57(50-24-8-4-9-25-50)35-21-36-58(76)51-26-10-5-11-27-51)77-75-72(70)71(52-28-12-6-13-29-52)61-37-22-41-65-73(61)79(75)74-66(42-23-43-69(74)85-77)82(65)54-31-14-7-15-32-54;/h4-32,34-46,71H,1-3H3;/q-3;+4. The molecule has 0 saturated carbocycles. The van der Waals surface area contributed by atoms with Crippen LogP contribution in [0.2, 0.25) is 0 Å². The summed E-state index contributed by atoms with van der Waals surface area (Å²) in [6, 6.07) is 102. The molecule has 12 aromatic carbocycles. The number of nitrogens with zero attached hydrogens (tertiary/aromatic N) is 4. The smallest absolute Gasteiger partial charge is 0.521 e. The number of hydrogen-bond donors (Lipinski definition) is 0. The van der Waals surface area contributed by atoms with E-state index < -0.39 is 0 Å². The Balaban J connectivity index is 0.00000600. The zero-order chi connectivity index (χ0) is 56.5. The topological polar surface area (TPSA) is 35.4 Å². The van der Waals surface area contributed by atoms with Gasteiger partial charge in [-0.05, 0) is 97.5 Å². The fourth-order valence-corrected chi connectivity index (χ4v) is 13.9. The predicted octanol–water partition coefficient (Wildman–Crippen LogP) is 16.5. The number of rotatable bonds is 9. The first-order chi connectivity index (χ1) is 41.8. The normalized spacial score (nSPS) is 13.6. The number of aromatic nitrogens is 3. The fraction of sp³-hybridized carbons (Fsp3) is 0.0641. The summed E-state index contributed by atoms with van der Waals surface area (Å²) in [6.07, 6.45) is 4.01. The quantitative estimate of drug-likeness (QED) is 0.0821. The van der Waals surface area contributed by atoms with Crippen LogP contribution in [0.5, 0.6) is 23.0 Å². The Hall–Kier alpha value is -9.94. The first-order valence-electron chi connectivity index (χ1n) is 29.2. The second kappa shape index (κ2) is 20.1. The Morgan fingerprint density at radius 2 is 1.21 bits per heavy atom. The summed E-state index contributed by atoms with van der Waals surface area (Å²) in [5, 5.41) is 2.20. The van der Waals surface area contributed by atoms with Crippen molar-refractivity contribution in [2.75, 3.05) is 4.90 Å². The molecule has 2 aromatic heterocycles. The van der Waals surface area contributed by atoms with E-state index in [0.717, 1.165) is 111 Å². The van der Waals surface area contributed by atoms with Gasteiger partial charge in [0.05, 0.1) is 16.7 Å². The molecule has 0 amide bonds. The Bertz CT molecular complexity index is 4960. The Morgan fingerprint density at radius 3 is 1.94 bits per heavy atom. The summed E-state index contributed by atoms with van der Waals surface area (Å²) in [6.45, 7) is 6.52. The van der Waals surface area contributed by atoms with Gasteiger partial charge in [-0.1, -0.05) is 226 Å². The van der Waals surface area contributed by atoms with Crippen LogP contribution in [0.1, 0.15) is 48.9 Å². The molecule has 0 spiro atoms. The average Bonchev–Trinajstić information content (AvgIpc) is 0.779. The molecule has 0 fully saturated rings. The van der Waals surface area contributed by atoms with Gasteiger partial charge < -0.3 is 23.5 Å². The minimum atomic E-state index is -0.291. The summed E-state index contributed by atoms with van der Waals surface area (Å²) >= 11 is 0. The van der Waals surface area contributed by atoms with E-state index in [9.17, 15) is 0 Å². The van der Waals surface area contributed by atoms with Crippen molar-refractivity contribution in [2.45, 2.75) is 32.1 Å². The van der Waals surface area contributed by atoms with E-state index in [2.05, 4.69) is 313 Å². The van der Waals surface area contributed by atoms with Crippen LogP contribution >= 0.6 is 0 Å². The van der Waals surface area contributed by atoms with Gasteiger partial charge in [-0.3, -0.25) is 4.57 Å². The Kier molecular flexibility index (Phi) is 12.1. The molecule has 1 unspecified atom stereocenters. The molecule has 0 saturated heterocycles. The molecular formula is C78H52BN4O2Pt+. The largest absolute Gasteiger partial charge is 4.00 e. The third-order valence-corrected chi connectivity index (χ3v) is 17.6. The molecular weight excluding hydrogens is 1230 g/mol. The molecule has 14 aromatic rings. The minimum absolute atomic E-state index is 0. The van der Waals surface area contributed by atoms with Gasteiger partial charge in [0.15, 0.2) is 0 Å². The SMILES string of the molecule is CC(C)(C)c1cc[c-]c(-n2c3[c-]c(Oc4[c-]c(-n5[c-][n+](-c6c(-c7ccccc7)cccc6-c6ccccc6)c6ccccc65)c5c6c4C(c4ccccc4)c4cccc7c4B6c4c(cccc4N7c4ccccc4)O5)ccc3c3ccccc32)c1.[Pt+4]. The van der Waals surface area contributed by atoms with Crippen LogP contribution in [0.25, 0.3) is 72.2 Å². The summed E-state index contributed by atoms with van der Waals surface area (Å²) in [5.74, 6) is 2.37. The number of hydrogen-bond acceptors (Lipinski definition) is 3. The number of benzene rings is 12. The molecule has 3 aliphatic heterocycles. The monoisotopic (exact) mass is 1280 g/mol. The number of para-hydroxylation sites is 5. The van der Waals surface area contributed by atoms with Crippen molar-refractivity contribution in [1.82, 2.24) is 9.13 Å². The van der Waals surface area contributed by atoms with Gasteiger partial charge in [0, 0.05) is 39.8 Å². The van der Waals surface area contributed by atoms with Crippen LogP contribution in [0.4, 0.5) is 17.1 Å². The van der Waals surface area contributed by atoms with Crippen molar-refractivity contribution in [3.8, 4) is 62.3 Å². The summed E-state index contributed by atoms with van der Waals surface area (Å²) in [4.78, 5) is 2.42. The van der Waals surface area contributed by atoms with E-state index in [0.29, 0.717) is 22.9 Å². The van der Waals surface area contributed by atoms with E-state index in [-0.39, 0.29) is 39.1 Å². The van der Waals surface area contributed by atoms with Crippen molar-refractivity contribution in [2.24, 2.45) is 0 Å². The van der Waals surface area contributed by atoms with Crippen molar-refractivity contribution >= 4 is 73.0 Å². The maximum Gasteiger partial charge on any atom is 4.00 e. The maximum absolute atomic E-state index is 7.70. The molecule has 0 bridgehead atoms. The molecule has 0 N–H and O–H groups in total. The van der Waals surface area contributed by atoms with E-state index >= 15 is 0 Å². The van der Waals surface area contributed by atoms with Crippen molar-refractivity contribution in [3.05, 3.63) is 302 Å². The molecule has 408 valence electrons. The van der Waals surface area contributed by atoms with Gasteiger partial charge in [0.1, 0.15) is 5.75 Å². The Morgan fingerprint density at radius 1 is 0.570 bits per heavy atom. The van der Waals surface area contributed by atoms with Crippen LogP contribution in [-0.4, -0.2) is 15.8 Å². The molecule has 17 rings (SSSR count). The molecule has 3 aliphatic rings. The summed E-state index contributed by atoms with van der Waals surface area (Å²) in [7, 11) is 0. The first-order valence-corrected chi connectivity index (χ1v) is 29.2. The van der Waals surface area contributed by atoms with Gasteiger partial charge in [0.25, 0.3) is 6.33 Å². The molecule has 0 aliphatic carbocycles. The second-order valence-electron chi connectivity index (χ2n) is 23.4. The zero-order valence-corrected chi connectivity index (χ0v) is 49.6. The number of fused-ring (bicyclic) bond motifs is 4. The predicted molar refractivity (Wildman–Crippen MR) is 344 cm³/mol. The van der Waals surface area contributed by atoms with Gasteiger partial charge >= 0.3 is 21.1 Å². The minimum Gasteiger partial charge on any atom is -0.521 e. The second-order valence-corrected chi connectivity index (χ2v) is 23.4. The molecule has 0 radical (unpaired) electrons. The number of ether oxygens (including phenoxy) is 2. The van der Waals surface area contributed by atoms with Crippen LogP contribution in [0, 0.1) is 24.5 Å². The van der Waals surface area contributed by atoms with E-state index in [4.69, 9.17) is 9.47 Å². The van der Waals surface area contributed by atoms with Crippen LogP contribution in [0.3, 0.4) is 0 Å². The number of anilines is 3. The first kappa shape index (κ1) is 51.7. The van der Waals surface area contributed by atoms with E-state index in [1.165, 1.54) is 16.6 Å². The summed E-state index contributed by atoms with van der Waals surface area (Å²) < 4.78 is 22.0. The zero-order valence-electron chi connectivity index (χ0n) is 47.3. The van der Waals surface area contributed by atoms with Crippen LogP contribution in [0.15, 0.2) is 255 Å². The van der Waals surface area contributed by atoms with Gasteiger partial charge in [-0.25, -0.2) is 0 Å². The van der Waals surface area contributed by atoms with Crippen molar-refractivity contribution in [1.29, 1.82) is 0 Å². The van der Waals surface area contributed by atoms with E-state index in [1.807, 2.05) is 6.07 Å².